The number of benzene rings is 1. The molecule has 0 saturated carbocycles. The van der Waals surface area contributed by atoms with Gasteiger partial charge in [0.15, 0.2) is 10.8 Å². The molecule has 24 heavy (non-hydrogen) atoms. The van der Waals surface area contributed by atoms with Crippen molar-refractivity contribution >= 4 is 52.2 Å². The predicted octanol–water partition coefficient (Wildman–Crippen LogP) is 4.30. The Morgan fingerprint density at radius 2 is 2.00 bits per heavy atom. The van der Waals surface area contributed by atoms with Crippen LogP contribution < -0.4 is 5.32 Å². The number of anilines is 1. The van der Waals surface area contributed by atoms with E-state index in [4.69, 9.17) is 23.2 Å². The highest BCUT2D eigenvalue weighted by molar-refractivity contribution is 7.99. The highest BCUT2D eigenvalue weighted by atomic mass is 35.5. The van der Waals surface area contributed by atoms with Gasteiger partial charge in [-0.05, 0) is 30.3 Å². The third kappa shape index (κ3) is 3.98. The molecule has 0 spiro atoms. The van der Waals surface area contributed by atoms with Gasteiger partial charge in [-0.2, -0.15) is 0 Å². The Labute approximate surface area is 151 Å². The van der Waals surface area contributed by atoms with E-state index in [0.29, 0.717) is 32.3 Å². The number of rotatable bonds is 5. The first-order chi connectivity index (χ1) is 11.5. The van der Waals surface area contributed by atoms with E-state index in [1.54, 1.807) is 16.7 Å². The van der Waals surface area contributed by atoms with Crippen LogP contribution in [-0.2, 0) is 4.79 Å². The lowest BCUT2D eigenvalue weighted by molar-refractivity contribution is -0.115. The Hall–Kier alpha value is -1.83. The topological polar surface area (TPSA) is 59.3 Å². The maximum Gasteiger partial charge on any atom is 0.225 e. The molecule has 1 N–H and O–H groups in total. The molecular formula is C15H11Cl2FN4OS. The molecule has 124 valence electrons. The molecule has 2 heterocycles. The van der Waals surface area contributed by atoms with Crippen LogP contribution in [0.2, 0.25) is 10.0 Å². The molecule has 1 amide bonds. The van der Waals surface area contributed by atoms with Crippen molar-refractivity contribution in [3.8, 4) is 0 Å². The Bertz CT molecular complexity index is 885. The summed E-state index contributed by atoms with van der Waals surface area (Å²) in [5.74, 6) is -0.0173. The number of carbonyl (C=O) groups is 1. The minimum Gasteiger partial charge on any atom is -0.326 e. The van der Waals surface area contributed by atoms with Crippen LogP contribution in [0.1, 0.15) is 6.42 Å². The number of thioether (sulfide) groups is 1. The van der Waals surface area contributed by atoms with Crippen molar-refractivity contribution in [1.29, 1.82) is 0 Å². The van der Waals surface area contributed by atoms with E-state index >= 15 is 0 Å². The van der Waals surface area contributed by atoms with E-state index < -0.39 is 0 Å². The lowest BCUT2D eigenvalue weighted by Gasteiger charge is -2.05. The van der Waals surface area contributed by atoms with Crippen LogP contribution in [0.5, 0.6) is 0 Å². The molecule has 0 aliphatic rings. The van der Waals surface area contributed by atoms with E-state index in [9.17, 15) is 9.18 Å². The third-order valence-electron chi connectivity index (χ3n) is 3.08. The molecule has 3 aromatic rings. The van der Waals surface area contributed by atoms with E-state index in [1.807, 2.05) is 0 Å². The van der Waals surface area contributed by atoms with Gasteiger partial charge in [0, 0.05) is 24.1 Å². The predicted molar refractivity (Wildman–Crippen MR) is 93.4 cm³/mol. The monoisotopic (exact) mass is 384 g/mol. The van der Waals surface area contributed by atoms with Crippen LogP contribution in [0.15, 0.2) is 41.7 Å². The van der Waals surface area contributed by atoms with Gasteiger partial charge in [-0.3, -0.25) is 9.20 Å². The largest absolute Gasteiger partial charge is 0.326 e. The van der Waals surface area contributed by atoms with Crippen molar-refractivity contribution in [2.75, 3.05) is 11.1 Å². The fourth-order valence-corrected chi connectivity index (χ4v) is 3.35. The fraction of sp³-hybridized carbons (Fsp3) is 0.133. The van der Waals surface area contributed by atoms with Crippen LogP contribution >= 0.6 is 35.0 Å². The lowest BCUT2D eigenvalue weighted by Crippen LogP contribution is -2.12. The Morgan fingerprint density at radius 3 is 2.75 bits per heavy atom. The number of aromatic nitrogens is 3. The number of nitrogens with zero attached hydrogens (tertiary/aromatic N) is 3. The number of amides is 1. The number of hydrogen-bond acceptors (Lipinski definition) is 4. The first-order valence-corrected chi connectivity index (χ1v) is 8.65. The number of carbonyl (C=O) groups excluding carboxylic acids is 1. The van der Waals surface area contributed by atoms with Gasteiger partial charge in [0.1, 0.15) is 5.82 Å². The number of halogens is 3. The lowest BCUT2D eigenvalue weighted by atomic mass is 10.3. The van der Waals surface area contributed by atoms with Crippen molar-refractivity contribution in [3.05, 3.63) is 52.4 Å². The highest BCUT2D eigenvalue weighted by Gasteiger charge is 2.11. The minimum absolute atomic E-state index is 0.168. The molecule has 0 unspecified atom stereocenters. The number of pyridine rings is 1. The molecule has 2 aromatic heterocycles. The Balaban J connectivity index is 1.58. The van der Waals surface area contributed by atoms with Crippen LogP contribution in [0.3, 0.4) is 0 Å². The van der Waals surface area contributed by atoms with Crippen LogP contribution in [0, 0.1) is 5.82 Å². The van der Waals surface area contributed by atoms with Gasteiger partial charge >= 0.3 is 0 Å². The summed E-state index contributed by atoms with van der Waals surface area (Å²) >= 11 is 13.4. The van der Waals surface area contributed by atoms with Crippen molar-refractivity contribution in [3.63, 3.8) is 0 Å². The van der Waals surface area contributed by atoms with Gasteiger partial charge in [0.05, 0.1) is 10.0 Å². The van der Waals surface area contributed by atoms with E-state index in [0.717, 1.165) is 0 Å². The summed E-state index contributed by atoms with van der Waals surface area (Å²) in [7, 11) is 0. The highest BCUT2D eigenvalue weighted by Crippen LogP contribution is 2.25. The molecular weight excluding hydrogens is 374 g/mol. The SMILES string of the molecule is O=C(CCSc1nnc2c(Cl)cc(Cl)cn12)Nc1ccc(F)cc1. The van der Waals surface area contributed by atoms with Crippen LogP contribution in [0.4, 0.5) is 10.1 Å². The van der Waals surface area contributed by atoms with Gasteiger partial charge in [0.25, 0.3) is 0 Å². The van der Waals surface area contributed by atoms with Crippen LogP contribution in [-0.4, -0.2) is 26.3 Å². The zero-order valence-corrected chi connectivity index (χ0v) is 14.5. The molecule has 0 aliphatic carbocycles. The summed E-state index contributed by atoms with van der Waals surface area (Å²) in [6, 6.07) is 7.20. The molecule has 5 nitrogen and oxygen atoms in total. The quantitative estimate of drug-likeness (QED) is 0.666. The first-order valence-electron chi connectivity index (χ1n) is 6.91. The van der Waals surface area contributed by atoms with Crippen molar-refractivity contribution in [2.24, 2.45) is 0 Å². The van der Waals surface area contributed by atoms with Gasteiger partial charge in [-0.1, -0.05) is 35.0 Å². The van der Waals surface area contributed by atoms with Crippen molar-refractivity contribution < 1.29 is 9.18 Å². The van der Waals surface area contributed by atoms with Gasteiger partial charge in [-0.15, -0.1) is 10.2 Å². The molecule has 0 radical (unpaired) electrons. The standard InChI is InChI=1S/C15H11Cl2FN4OS/c16-9-7-12(17)14-20-21-15(22(14)8-9)24-6-5-13(23)19-11-3-1-10(18)2-4-11/h1-4,7-8H,5-6H2,(H,19,23). The van der Waals surface area contributed by atoms with E-state index in [1.165, 1.54) is 36.0 Å². The molecule has 0 fully saturated rings. The zero-order chi connectivity index (χ0) is 17.1. The van der Waals surface area contributed by atoms with Crippen molar-refractivity contribution in [1.82, 2.24) is 14.6 Å². The maximum atomic E-state index is 12.8. The molecule has 0 atom stereocenters. The average molecular weight is 385 g/mol. The van der Waals surface area contributed by atoms with Gasteiger partial charge < -0.3 is 5.32 Å². The second kappa shape index (κ2) is 7.38. The summed E-state index contributed by atoms with van der Waals surface area (Å²) in [5, 5.41) is 12.2. The molecule has 3 rings (SSSR count). The maximum absolute atomic E-state index is 12.8. The number of nitrogens with one attached hydrogen (secondary N) is 1. The molecule has 0 saturated heterocycles. The normalized spacial score (nSPS) is 11.0. The van der Waals surface area contributed by atoms with E-state index in [-0.39, 0.29) is 18.1 Å². The minimum atomic E-state index is -0.348. The fourth-order valence-electron chi connectivity index (χ4n) is 1.99. The summed E-state index contributed by atoms with van der Waals surface area (Å²) in [6.07, 6.45) is 1.94. The number of fused-ring (bicyclic) bond motifs is 1. The Morgan fingerprint density at radius 1 is 1.25 bits per heavy atom. The zero-order valence-electron chi connectivity index (χ0n) is 12.2. The average Bonchev–Trinajstić information content (AvgIpc) is 2.93. The summed E-state index contributed by atoms with van der Waals surface area (Å²) in [6.45, 7) is 0. The van der Waals surface area contributed by atoms with Gasteiger partial charge in [0.2, 0.25) is 5.91 Å². The van der Waals surface area contributed by atoms with Gasteiger partial charge in [-0.25, -0.2) is 4.39 Å². The molecule has 9 heteroatoms. The smallest absolute Gasteiger partial charge is 0.225 e. The third-order valence-corrected chi connectivity index (χ3v) is 4.51. The van der Waals surface area contributed by atoms with E-state index in [2.05, 4.69) is 15.5 Å². The van der Waals surface area contributed by atoms with Crippen molar-refractivity contribution in [2.45, 2.75) is 11.6 Å². The second-order valence-electron chi connectivity index (χ2n) is 4.84. The van der Waals surface area contributed by atoms with Crippen LogP contribution in [0.25, 0.3) is 5.65 Å². The summed E-state index contributed by atoms with van der Waals surface area (Å²) in [4.78, 5) is 11.9. The second-order valence-corrected chi connectivity index (χ2v) is 6.74. The molecule has 0 aliphatic heterocycles. The molecule has 1 aromatic carbocycles. The summed E-state index contributed by atoms with van der Waals surface area (Å²) in [5.41, 5.74) is 1.07. The summed E-state index contributed by atoms with van der Waals surface area (Å²) < 4.78 is 14.5. The number of hydrogen-bond donors (Lipinski definition) is 1. The molecule has 0 bridgehead atoms. The first kappa shape index (κ1) is 17.0. The Kier molecular flexibility index (Phi) is 5.23.